The Bertz CT molecular complexity index is 492. The summed E-state index contributed by atoms with van der Waals surface area (Å²) in [6, 6.07) is 5.78. The fraction of sp³-hybridized carbons (Fsp3) is 0.364. The molecule has 16 heavy (non-hydrogen) atoms. The maximum Gasteiger partial charge on any atom is 0.156 e. The second kappa shape index (κ2) is 4.40. The van der Waals surface area contributed by atoms with E-state index in [1.165, 1.54) is 0 Å². The molecule has 0 unspecified atom stereocenters. The molecule has 1 aromatic carbocycles. The number of nitrogen functional groups attached to an aromatic ring is 1. The van der Waals surface area contributed by atoms with Gasteiger partial charge in [0.15, 0.2) is 5.82 Å². The number of hydrogen-bond donors (Lipinski definition) is 2. The zero-order chi connectivity index (χ0) is 11.5. The van der Waals surface area contributed by atoms with Crippen LogP contribution in [0, 0.1) is 0 Å². The van der Waals surface area contributed by atoms with Gasteiger partial charge in [-0.05, 0) is 18.2 Å². The van der Waals surface area contributed by atoms with Gasteiger partial charge in [0.25, 0.3) is 0 Å². The number of nitrogens with two attached hydrogens (primary N) is 1. The van der Waals surface area contributed by atoms with Crippen LogP contribution in [0.5, 0.6) is 0 Å². The lowest BCUT2D eigenvalue weighted by Crippen LogP contribution is -2.08. The summed E-state index contributed by atoms with van der Waals surface area (Å²) >= 11 is 0. The molecule has 5 heteroatoms. The normalized spacial score (nSPS) is 10.9. The van der Waals surface area contributed by atoms with Gasteiger partial charge >= 0.3 is 0 Å². The van der Waals surface area contributed by atoms with Crippen molar-refractivity contribution in [3.8, 4) is 0 Å². The molecule has 3 N–H and O–H groups in total. The Labute approximate surface area is 94.2 Å². The molecule has 1 aromatic heterocycles. The second-order valence-electron chi connectivity index (χ2n) is 3.67. The highest BCUT2D eigenvalue weighted by Gasteiger charge is 2.07. The molecule has 0 radical (unpaired) electrons. The van der Waals surface area contributed by atoms with Crippen LogP contribution in [-0.2, 0) is 11.8 Å². The molecule has 1 heterocycles. The number of benzene rings is 1. The van der Waals surface area contributed by atoms with Crippen molar-refractivity contribution >= 4 is 22.4 Å². The highest BCUT2D eigenvalue weighted by atomic mass is 16.5. The first-order chi connectivity index (χ1) is 7.72. The van der Waals surface area contributed by atoms with Gasteiger partial charge in [-0.15, -0.1) is 0 Å². The molecule has 0 saturated carbocycles. The number of ether oxygens (including phenoxy) is 1. The van der Waals surface area contributed by atoms with Gasteiger partial charge in [-0.1, -0.05) is 0 Å². The quantitative estimate of drug-likeness (QED) is 0.600. The SMILES string of the molecule is COCCNc1nn(C)c2ccc(N)cc12. The van der Waals surface area contributed by atoms with Crippen LogP contribution in [0.15, 0.2) is 18.2 Å². The third-order valence-electron chi connectivity index (χ3n) is 2.47. The first kappa shape index (κ1) is 10.8. The number of nitrogens with one attached hydrogen (secondary N) is 1. The number of nitrogens with zero attached hydrogens (tertiary/aromatic N) is 2. The third kappa shape index (κ3) is 1.94. The molecule has 0 atom stereocenters. The summed E-state index contributed by atoms with van der Waals surface area (Å²) in [4.78, 5) is 0. The zero-order valence-electron chi connectivity index (χ0n) is 9.53. The Kier molecular flexibility index (Phi) is 2.96. The number of hydrogen-bond acceptors (Lipinski definition) is 4. The molecule has 2 rings (SSSR count). The van der Waals surface area contributed by atoms with Gasteiger partial charge in [0.2, 0.25) is 0 Å². The number of rotatable bonds is 4. The van der Waals surface area contributed by atoms with Crippen LogP contribution in [0.25, 0.3) is 10.9 Å². The number of anilines is 2. The number of methoxy groups -OCH3 is 1. The van der Waals surface area contributed by atoms with Crippen LogP contribution in [-0.4, -0.2) is 30.0 Å². The molecule has 0 aliphatic heterocycles. The lowest BCUT2D eigenvalue weighted by molar-refractivity contribution is 0.210. The smallest absolute Gasteiger partial charge is 0.156 e. The highest BCUT2D eigenvalue weighted by Crippen LogP contribution is 2.24. The van der Waals surface area contributed by atoms with E-state index in [0.717, 1.165) is 29.0 Å². The lowest BCUT2D eigenvalue weighted by atomic mass is 10.2. The summed E-state index contributed by atoms with van der Waals surface area (Å²) < 4.78 is 6.82. The molecule has 86 valence electrons. The van der Waals surface area contributed by atoms with E-state index in [1.807, 2.05) is 29.9 Å². The van der Waals surface area contributed by atoms with Gasteiger partial charge in [0.05, 0.1) is 12.1 Å². The van der Waals surface area contributed by atoms with E-state index < -0.39 is 0 Å². The minimum absolute atomic E-state index is 0.653. The van der Waals surface area contributed by atoms with Crippen LogP contribution in [0.4, 0.5) is 11.5 Å². The van der Waals surface area contributed by atoms with Crippen LogP contribution in [0.1, 0.15) is 0 Å². The average Bonchev–Trinajstić information content (AvgIpc) is 2.56. The number of aryl methyl sites for hydroxylation is 1. The average molecular weight is 220 g/mol. The van der Waals surface area contributed by atoms with Crippen LogP contribution < -0.4 is 11.1 Å². The summed E-state index contributed by atoms with van der Waals surface area (Å²) in [6.45, 7) is 1.39. The third-order valence-corrected chi connectivity index (χ3v) is 2.47. The van der Waals surface area contributed by atoms with Crippen molar-refractivity contribution in [2.24, 2.45) is 7.05 Å². The van der Waals surface area contributed by atoms with Gasteiger partial charge in [-0.25, -0.2) is 0 Å². The van der Waals surface area contributed by atoms with Gasteiger partial charge in [0, 0.05) is 31.8 Å². The Morgan fingerprint density at radius 1 is 1.50 bits per heavy atom. The molecule has 0 amide bonds. The summed E-state index contributed by atoms with van der Waals surface area (Å²) in [5, 5.41) is 8.66. The molecule has 2 aromatic rings. The Morgan fingerprint density at radius 3 is 3.06 bits per heavy atom. The van der Waals surface area contributed by atoms with Gasteiger partial charge < -0.3 is 15.8 Å². The first-order valence-electron chi connectivity index (χ1n) is 5.17. The van der Waals surface area contributed by atoms with E-state index in [1.54, 1.807) is 7.11 Å². The Balaban J connectivity index is 2.33. The molecule has 0 spiro atoms. The van der Waals surface area contributed by atoms with Crippen molar-refractivity contribution in [1.29, 1.82) is 0 Å². The van der Waals surface area contributed by atoms with Crippen molar-refractivity contribution in [3.05, 3.63) is 18.2 Å². The monoisotopic (exact) mass is 220 g/mol. The minimum Gasteiger partial charge on any atom is -0.399 e. The Morgan fingerprint density at radius 2 is 2.31 bits per heavy atom. The largest absolute Gasteiger partial charge is 0.399 e. The summed E-state index contributed by atoms with van der Waals surface area (Å²) in [5.74, 6) is 0.849. The van der Waals surface area contributed by atoms with E-state index in [9.17, 15) is 0 Å². The van der Waals surface area contributed by atoms with Gasteiger partial charge in [-0.3, -0.25) is 4.68 Å². The summed E-state index contributed by atoms with van der Waals surface area (Å²) in [6.07, 6.45) is 0. The van der Waals surface area contributed by atoms with E-state index in [0.29, 0.717) is 6.61 Å². The van der Waals surface area contributed by atoms with Crippen LogP contribution >= 0.6 is 0 Å². The molecular formula is C11H16N4O. The maximum absolute atomic E-state index is 5.77. The molecular weight excluding hydrogens is 204 g/mol. The molecule has 0 saturated heterocycles. The predicted molar refractivity (Wildman–Crippen MR) is 65.5 cm³/mol. The van der Waals surface area contributed by atoms with E-state index in [2.05, 4.69) is 10.4 Å². The summed E-state index contributed by atoms with van der Waals surface area (Å²) in [7, 11) is 3.59. The molecule has 0 aliphatic rings. The Hall–Kier alpha value is -1.75. The van der Waals surface area contributed by atoms with Gasteiger partial charge in [0.1, 0.15) is 0 Å². The molecule has 0 aliphatic carbocycles. The standard InChI is InChI=1S/C11H16N4O/c1-15-10-4-3-8(12)7-9(10)11(14-15)13-5-6-16-2/h3-4,7H,5-6,12H2,1-2H3,(H,13,14). The highest BCUT2D eigenvalue weighted by molar-refractivity contribution is 5.92. The summed E-state index contributed by atoms with van der Waals surface area (Å²) in [5.41, 5.74) is 7.58. The van der Waals surface area contributed by atoms with Gasteiger partial charge in [-0.2, -0.15) is 5.10 Å². The van der Waals surface area contributed by atoms with E-state index in [-0.39, 0.29) is 0 Å². The van der Waals surface area contributed by atoms with E-state index >= 15 is 0 Å². The lowest BCUT2D eigenvalue weighted by Gasteiger charge is -2.02. The fourth-order valence-electron chi connectivity index (χ4n) is 1.69. The molecule has 5 nitrogen and oxygen atoms in total. The molecule has 0 bridgehead atoms. The van der Waals surface area contributed by atoms with Crippen molar-refractivity contribution < 1.29 is 4.74 Å². The molecule has 0 fully saturated rings. The van der Waals surface area contributed by atoms with E-state index in [4.69, 9.17) is 10.5 Å². The van der Waals surface area contributed by atoms with Crippen molar-refractivity contribution in [1.82, 2.24) is 9.78 Å². The van der Waals surface area contributed by atoms with Crippen molar-refractivity contribution in [3.63, 3.8) is 0 Å². The van der Waals surface area contributed by atoms with Crippen molar-refractivity contribution in [2.75, 3.05) is 31.3 Å². The topological polar surface area (TPSA) is 65.1 Å². The van der Waals surface area contributed by atoms with Crippen LogP contribution in [0.2, 0.25) is 0 Å². The zero-order valence-corrected chi connectivity index (χ0v) is 9.53. The minimum atomic E-state index is 0.653. The number of aromatic nitrogens is 2. The predicted octanol–water partition coefficient (Wildman–Crippen LogP) is 1.21. The number of fused-ring (bicyclic) bond motifs is 1. The second-order valence-corrected chi connectivity index (χ2v) is 3.67. The first-order valence-corrected chi connectivity index (χ1v) is 5.17. The fourth-order valence-corrected chi connectivity index (χ4v) is 1.69. The van der Waals surface area contributed by atoms with Crippen molar-refractivity contribution in [2.45, 2.75) is 0 Å². The maximum atomic E-state index is 5.77. The van der Waals surface area contributed by atoms with Crippen LogP contribution in [0.3, 0.4) is 0 Å².